The van der Waals surface area contributed by atoms with Gasteiger partial charge in [-0.15, -0.1) is 11.3 Å². The maximum absolute atomic E-state index is 12.6. The summed E-state index contributed by atoms with van der Waals surface area (Å²) in [6.07, 6.45) is -1.22. The van der Waals surface area contributed by atoms with Crippen molar-refractivity contribution in [1.29, 1.82) is 0 Å². The van der Waals surface area contributed by atoms with E-state index in [2.05, 4.69) is 10.6 Å². The number of carbonyl (C=O) groups excluding carboxylic acids is 2. The molecule has 0 spiro atoms. The van der Waals surface area contributed by atoms with Gasteiger partial charge in [-0.05, 0) is 43.0 Å². The maximum Gasteiger partial charge on any atom is 0.417 e. The van der Waals surface area contributed by atoms with Crippen LogP contribution in [0, 0.1) is 0 Å². The van der Waals surface area contributed by atoms with Crippen molar-refractivity contribution in [2.75, 3.05) is 5.32 Å². The summed E-state index contributed by atoms with van der Waals surface area (Å²) in [6.45, 7) is -0.00352. The van der Waals surface area contributed by atoms with Gasteiger partial charge in [0.1, 0.15) is 0 Å². The number of urea groups is 1. The van der Waals surface area contributed by atoms with Gasteiger partial charge in [0.05, 0.1) is 12.1 Å². The Morgan fingerprint density at radius 2 is 1.92 bits per heavy atom. The van der Waals surface area contributed by atoms with Crippen LogP contribution in [0.15, 0.2) is 29.6 Å². The smallest absolute Gasteiger partial charge is 0.333 e. The van der Waals surface area contributed by atoms with E-state index in [4.69, 9.17) is 0 Å². The third kappa shape index (κ3) is 4.43. The molecular weight excluding hydrogens is 365 g/mol. The van der Waals surface area contributed by atoms with Crippen LogP contribution < -0.4 is 10.6 Å². The Morgan fingerprint density at radius 3 is 2.65 bits per heavy atom. The number of halogens is 3. The fourth-order valence-corrected chi connectivity index (χ4v) is 3.66. The third-order valence-electron chi connectivity index (χ3n) is 4.17. The van der Waals surface area contributed by atoms with Crippen molar-refractivity contribution in [2.24, 2.45) is 0 Å². The third-order valence-corrected chi connectivity index (χ3v) is 5.11. The number of ketones is 1. The Bertz CT molecular complexity index is 830. The molecule has 3 rings (SSSR count). The van der Waals surface area contributed by atoms with Crippen LogP contribution in [0.3, 0.4) is 0 Å². The summed E-state index contributed by atoms with van der Waals surface area (Å²) in [7, 11) is 0. The van der Waals surface area contributed by atoms with Crippen LogP contribution >= 0.6 is 11.3 Å². The number of amides is 2. The van der Waals surface area contributed by atoms with E-state index in [0.29, 0.717) is 22.5 Å². The second kappa shape index (κ2) is 7.49. The molecule has 0 atom stereocenters. The van der Waals surface area contributed by atoms with Gasteiger partial charge >= 0.3 is 12.2 Å². The molecule has 138 valence electrons. The number of thiophene rings is 1. The molecule has 0 bridgehead atoms. The monoisotopic (exact) mass is 382 g/mol. The topological polar surface area (TPSA) is 58.2 Å². The summed E-state index contributed by atoms with van der Waals surface area (Å²) in [6, 6.07) is 5.71. The van der Waals surface area contributed by atoms with E-state index in [1.165, 1.54) is 0 Å². The van der Waals surface area contributed by atoms with Crippen LogP contribution in [0.25, 0.3) is 0 Å². The van der Waals surface area contributed by atoms with Gasteiger partial charge in [-0.25, -0.2) is 4.79 Å². The predicted octanol–water partition coefficient (Wildman–Crippen LogP) is 5.00. The standard InChI is InChI=1S/C18H17F3N2O2S/c19-18(20,21)12-7-14(26-10-12)9-22-17(25)23-13-6-5-11-3-1-2-4-16(24)15(11)8-13/h5-8,10H,1-4,9H2,(H2,22,23,25). The van der Waals surface area contributed by atoms with Gasteiger partial charge in [-0.2, -0.15) is 13.2 Å². The van der Waals surface area contributed by atoms with Gasteiger partial charge in [0, 0.05) is 27.9 Å². The van der Waals surface area contributed by atoms with E-state index in [9.17, 15) is 22.8 Å². The number of carbonyl (C=O) groups is 2. The largest absolute Gasteiger partial charge is 0.417 e. The maximum atomic E-state index is 12.6. The van der Waals surface area contributed by atoms with Crippen molar-refractivity contribution >= 4 is 28.8 Å². The molecule has 1 heterocycles. The average molecular weight is 382 g/mol. The molecule has 2 amide bonds. The van der Waals surface area contributed by atoms with Crippen molar-refractivity contribution < 1.29 is 22.8 Å². The molecule has 8 heteroatoms. The number of benzene rings is 1. The molecule has 1 aromatic heterocycles. The minimum absolute atomic E-state index is 0.00352. The summed E-state index contributed by atoms with van der Waals surface area (Å²) >= 11 is 0.939. The molecule has 0 unspecified atom stereocenters. The van der Waals surface area contributed by atoms with Gasteiger partial charge < -0.3 is 10.6 Å². The van der Waals surface area contributed by atoms with Gasteiger partial charge in [0.2, 0.25) is 0 Å². The average Bonchev–Trinajstić information content (AvgIpc) is 2.99. The second-order valence-electron chi connectivity index (χ2n) is 6.11. The molecule has 2 N–H and O–H groups in total. The number of hydrogen-bond acceptors (Lipinski definition) is 3. The summed E-state index contributed by atoms with van der Waals surface area (Å²) in [5.74, 6) is 0.0693. The first-order chi connectivity index (χ1) is 12.3. The van der Waals surface area contributed by atoms with Crippen molar-refractivity contribution in [3.63, 3.8) is 0 Å². The first-order valence-corrected chi connectivity index (χ1v) is 9.06. The van der Waals surface area contributed by atoms with Gasteiger partial charge in [-0.3, -0.25) is 4.79 Å². The van der Waals surface area contributed by atoms with Crippen LogP contribution in [0.1, 0.15) is 45.6 Å². The van der Waals surface area contributed by atoms with Gasteiger partial charge in [0.25, 0.3) is 0 Å². The Hall–Kier alpha value is -2.35. The molecule has 1 aliphatic rings. The summed E-state index contributed by atoms with van der Waals surface area (Å²) < 4.78 is 37.7. The summed E-state index contributed by atoms with van der Waals surface area (Å²) in [5, 5.41) is 6.17. The van der Waals surface area contributed by atoms with E-state index < -0.39 is 17.8 Å². The summed E-state index contributed by atoms with van der Waals surface area (Å²) in [4.78, 5) is 24.5. The number of fused-ring (bicyclic) bond motifs is 1. The molecule has 4 nitrogen and oxygen atoms in total. The van der Waals surface area contributed by atoms with E-state index in [1.807, 2.05) is 6.07 Å². The highest BCUT2D eigenvalue weighted by Gasteiger charge is 2.31. The minimum Gasteiger partial charge on any atom is -0.333 e. The lowest BCUT2D eigenvalue weighted by Gasteiger charge is -2.10. The first-order valence-electron chi connectivity index (χ1n) is 8.18. The SMILES string of the molecule is O=C(NCc1cc(C(F)(F)F)cs1)Nc1ccc2c(c1)C(=O)CCCC2. The molecule has 0 saturated carbocycles. The van der Waals surface area contributed by atoms with Crippen LogP contribution in [-0.2, 0) is 19.1 Å². The normalized spacial score (nSPS) is 14.5. The molecule has 0 aliphatic heterocycles. The number of hydrogen-bond donors (Lipinski definition) is 2. The lowest BCUT2D eigenvalue weighted by molar-refractivity contribution is -0.137. The molecule has 2 aromatic rings. The summed E-state index contributed by atoms with van der Waals surface area (Å²) in [5.41, 5.74) is 1.38. The highest BCUT2D eigenvalue weighted by atomic mass is 32.1. The van der Waals surface area contributed by atoms with Crippen LogP contribution in [0.2, 0.25) is 0 Å². The Labute approximate surface area is 152 Å². The number of nitrogens with one attached hydrogen (secondary N) is 2. The van der Waals surface area contributed by atoms with Crippen molar-refractivity contribution in [1.82, 2.24) is 5.32 Å². The fraction of sp³-hybridized carbons (Fsp3) is 0.333. The van der Waals surface area contributed by atoms with E-state index in [-0.39, 0.29) is 12.3 Å². The van der Waals surface area contributed by atoms with Gasteiger partial charge in [0.15, 0.2) is 5.78 Å². The highest BCUT2D eigenvalue weighted by molar-refractivity contribution is 7.10. The van der Waals surface area contributed by atoms with Gasteiger partial charge in [-0.1, -0.05) is 6.07 Å². The fourth-order valence-electron chi connectivity index (χ4n) is 2.83. The molecule has 0 fully saturated rings. The Morgan fingerprint density at radius 1 is 1.15 bits per heavy atom. The van der Waals surface area contributed by atoms with Crippen molar-refractivity contribution in [3.05, 3.63) is 51.2 Å². The molecular formula is C18H17F3N2O2S. The molecule has 0 saturated heterocycles. The first kappa shape index (κ1) is 18.4. The lowest BCUT2D eigenvalue weighted by atomic mass is 10.0. The van der Waals surface area contributed by atoms with Crippen LogP contribution in [0.4, 0.5) is 23.7 Å². The van der Waals surface area contributed by atoms with E-state index in [1.54, 1.807) is 12.1 Å². The van der Waals surface area contributed by atoms with E-state index in [0.717, 1.165) is 47.6 Å². The number of rotatable bonds is 3. The molecule has 1 aromatic carbocycles. The number of alkyl halides is 3. The number of aryl methyl sites for hydroxylation is 1. The zero-order valence-corrected chi connectivity index (χ0v) is 14.6. The zero-order valence-electron chi connectivity index (χ0n) is 13.8. The van der Waals surface area contributed by atoms with E-state index >= 15 is 0 Å². The quantitative estimate of drug-likeness (QED) is 0.734. The van der Waals surface area contributed by atoms with Crippen molar-refractivity contribution in [2.45, 2.75) is 38.4 Å². The molecule has 26 heavy (non-hydrogen) atoms. The minimum atomic E-state index is -4.38. The Balaban J connectivity index is 1.60. The Kier molecular flexibility index (Phi) is 5.31. The molecule has 1 aliphatic carbocycles. The zero-order chi connectivity index (χ0) is 18.7. The number of anilines is 1. The van der Waals surface area contributed by atoms with Crippen LogP contribution in [0.5, 0.6) is 0 Å². The second-order valence-corrected chi connectivity index (χ2v) is 7.11. The lowest BCUT2D eigenvalue weighted by Crippen LogP contribution is -2.28. The number of Topliss-reactive ketones (excluding diaryl/α,β-unsaturated/α-hetero) is 1. The highest BCUT2D eigenvalue weighted by Crippen LogP contribution is 2.32. The predicted molar refractivity (Wildman–Crippen MR) is 93.5 cm³/mol. The molecule has 0 radical (unpaired) electrons. The van der Waals surface area contributed by atoms with Crippen molar-refractivity contribution in [3.8, 4) is 0 Å². The van der Waals surface area contributed by atoms with Crippen LogP contribution in [-0.4, -0.2) is 11.8 Å².